The molecule has 0 unspecified atom stereocenters. The van der Waals surface area contributed by atoms with Crippen molar-refractivity contribution >= 4 is 12.1 Å². The molecule has 2 N–H and O–H groups in total. The molecule has 0 spiro atoms. The van der Waals surface area contributed by atoms with Gasteiger partial charge in [-0.3, -0.25) is 9.89 Å². The van der Waals surface area contributed by atoms with Crippen LogP contribution in [0.25, 0.3) is 0 Å². The lowest BCUT2D eigenvalue weighted by Crippen LogP contribution is -2.51. The standard InChI is InChI=1S/C22H44N6O2/c1-6-11-26-12-8-19(9-13-26)25-20(23-7-2)24-10-14-27-15-17-28(18-16-27)21(29)30-22(3,4)5/h19H,6-18H2,1-5H3,(H2,23,24,25). The summed E-state index contributed by atoms with van der Waals surface area (Å²) in [5, 5.41) is 7.01. The van der Waals surface area contributed by atoms with Crippen LogP contribution in [0.4, 0.5) is 4.79 Å². The molecule has 2 fully saturated rings. The van der Waals surface area contributed by atoms with Crippen LogP contribution >= 0.6 is 0 Å². The first kappa shape index (κ1) is 24.7. The Labute approximate surface area is 183 Å². The Kier molecular flexibility index (Phi) is 10.2. The molecule has 0 bridgehead atoms. The average Bonchev–Trinajstić information content (AvgIpc) is 2.69. The second-order valence-electron chi connectivity index (χ2n) is 9.33. The van der Waals surface area contributed by atoms with Crippen molar-refractivity contribution in [2.75, 3.05) is 65.4 Å². The Balaban J connectivity index is 1.70. The van der Waals surface area contributed by atoms with Crippen LogP contribution in [0, 0.1) is 0 Å². The lowest BCUT2D eigenvalue weighted by atomic mass is 10.1. The third-order valence-corrected chi connectivity index (χ3v) is 5.52. The van der Waals surface area contributed by atoms with Gasteiger partial charge in [-0.1, -0.05) is 6.92 Å². The molecule has 0 radical (unpaired) electrons. The molecular formula is C22H44N6O2. The van der Waals surface area contributed by atoms with Gasteiger partial charge < -0.3 is 25.2 Å². The van der Waals surface area contributed by atoms with E-state index in [1.807, 2.05) is 25.7 Å². The highest BCUT2D eigenvalue weighted by Gasteiger charge is 2.25. The van der Waals surface area contributed by atoms with Gasteiger partial charge in [0.05, 0.1) is 6.54 Å². The minimum absolute atomic E-state index is 0.205. The molecule has 0 aromatic heterocycles. The van der Waals surface area contributed by atoms with E-state index in [0.29, 0.717) is 19.1 Å². The number of ether oxygens (including phenoxy) is 1. The monoisotopic (exact) mass is 424 g/mol. The van der Waals surface area contributed by atoms with Crippen LogP contribution in [0.3, 0.4) is 0 Å². The van der Waals surface area contributed by atoms with Gasteiger partial charge in [-0.15, -0.1) is 0 Å². The maximum absolute atomic E-state index is 12.2. The molecule has 0 aromatic carbocycles. The van der Waals surface area contributed by atoms with Crippen molar-refractivity contribution in [2.45, 2.75) is 65.5 Å². The number of piperazine rings is 1. The van der Waals surface area contributed by atoms with E-state index in [4.69, 9.17) is 9.73 Å². The Bertz CT molecular complexity index is 532. The summed E-state index contributed by atoms with van der Waals surface area (Å²) in [5.41, 5.74) is -0.439. The van der Waals surface area contributed by atoms with E-state index in [2.05, 4.69) is 34.3 Å². The van der Waals surface area contributed by atoms with Crippen LogP contribution in [0.5, 0.6) is 0 Å². The number of nitrogens with one attached hydrogen (secondary N) is 2. The number of nitrogens with zero attached hydrogens (tertiary/aromatic N) is 4. The van der Waals surface area contributed by atoms with Gasteiger partial charge in [0.15, 0.2) is 5.96 Å². The Morgan fingerprint density at radius 2 is 1.63 bits per heavy atom. The van der Waals surface area contributed by atoms with Crippen LogP contribution in [0.2, 0.25) is 0 Å². The van der Waals surface area contributed by atoms with Crippen molar-refractivity contribution in [2.24, 2.45) is 4.99 Å². The summed E-state index contributed by atoms with van der Waals surface area (Å²) < 4.78 is 5.47. The normalized spacial score (nSPS) is 20.3. The predicted octanol–water partition coefficient (Wildman–Crippen LogP) is 1.97. The molecule has 30 heavy (non-hydrogen) atoms. The van der Waals surface area contributed by atoms with Gasteiger partial charge in [0.25, 0.3) is 0 Å². The predicted molar refractivity (Wildman–Crippen MR) is 123 cm³/mol. The number of carbonyl (C=O) groups excluding carboxylic acids is 1. The molecule has 0 atom stereocenters. The van der Waals surface area contributed by atoms with Crippen molar-refractivity contribution in [3.05, 3.63) is 0 Å². The van der Waals surface area contributed by atoms with Gasteiger partial charge in [0.1, 0.15) is 5.60 Å². The number of likely N-dealkylation sites (tertiary alicyclic amines) is 1. The van der Waals surface area contributed by atoms with Crippen LogP contribution < -0.4 is 10.6 Å². The number of rotatable bonds is 7. The number of amides is 1. The zero-order chi connectivity index (χ0) is 22.0. The third-order valence-electron chi connectivity index (χ3n) is 5.52. The first-order valence-electron chi connectivity index (χ1n) is 11.8. The van der Waals surface area contributed by atoms with Gasteiger partial charge in [0.2, 0.25) is 0 Å². The number of carbonyl (C=O) groups is 1. The van der Waals surface area contributed by atoms with Crippen molar-refractivity contribution < 1.29 is 9.53 Å². The highest BCUT2D eigenvalue weighted by molar-refractivity contribution is 5.80. The topological polar surface area (TPSA) is 72.4 Å². The van der Waals surface area contributed by atoms with E-state index in [-0.39, 0.29) is 6.09 Å². The molecule has 2 aliphatic heterocycles. The molecule has 0 aliphatic carbocycles. The van der Waals surface area contributed by atoms with Crippen LogP contribution in [0.15, 0.2) is 4.99 Å². The van der Waals surface area contributed by atoms with E-state index < -0.39 is 5.60 Å². The fourth-order valence-electron chi connectivity index (χ4n) is 3.91. The largest absolute Gasteiger partial charge is 0.444 e. The molecule has 2 aliphatic rings. The fraction of sp³-hybridized carbons (Fsp3) is 0.909. The van der Waals surface area contributed by atoms with Crippen LogP contribution in [0.1, 0.15) is 53.9 Å². The summed E-state index contributed by atoms with van der Waals surface area (Å²) >= 11 is 0. The van der Waals surface area contributed by atoms with Gasteiger partial charge in [-0.05, 0) is 53.5 Å². The van der Waals surface area contributed by atoms with Crippen molar-refractivity contribution in [3.8, 4) is 0 Å². The lowest BCUT2D eigenvalue weighted by Gasteiger charge is -2.35. The smallest absolute Gasteiger partial charge is 0.410 e. The molecule has 0 aromatic rings. The number of piperidine rings is 1. The third kappa shape index (κ3) is 9.08. The maximum atomic E-state index is 12.2. The second kappa shape index (κ2) is 12.3. The molecule has 8 nitrogen and oxygen atoms in total. The van der Waals surface area contributed by atoms with E-state index in [1.165, 1.54) is 38.9 Å². The Morgan fingerprint density at radius 3 is 2.20 bits per heavy atom. The summed E-state index contributed by atoms with van der Waals surface area (Å²) in [5.74, 6) is 0.929. The highest BCUT2D eigenvalue weighted by Crippen LogP contribution is 2.12. The van der Waals surface area contributed by atoms with Gasteiger partial charge in [-0.2, -0.15) is 0 Å². The summed E-state index contributed by atoms with van der Waals surface area (Å²) in [7, 11) is 0. The molecular weight excluding hydrogens is 380 g/mol. The van der Waals surface area contributed by atoms with E-state index in [0.717, 1.165) is 38.7 Å². The molecule has 0 saturated carbocycles. The first-order valence-corrected chi connectivity index (χ1v) is 11.8. The molecule has 1 amide bonds. The zero-order valence-electron chi connectivity index (χ0n) is 19.9. The minimum Gasteiger partial charge on any atom is -0.444 e. The summed E-state index contributed by atoms with van der Waals surface area (Å²) in [6.07, 6.45) is 3.38. The lowest BCUT2D eigenvalue weighted by molar-refractivity contribution is 0.0148. The first-order chi connectivity index (χ1) is 14.3. The zero-order valence-corrected chi connectivity index (χ0v) is 19.9. The van der Waals surface area contributed by atoms with E-state index >= 15 is 0 Å². The SMILES string of the molecule is CCCN1CCC(NC(=NCCN2CCN(C(=O)OC(C)(C)C)CC2)NCC)CC1. The van der Waals surface area contributed by atoms with Crippen molar-refractivity contribution in [1.29, 1.82) is 0 Å². The quantitative estimate of drug-likeness (QED) is 0.481. The second-order valence-corrected chi connectivity index (χ2v) is 9.33. The van der Waals surface area contributed by atoms with Crippen molar-refractivity contribution in [1.82, 2.24) is 25.3 Å². The van der Waals surface area contributed by atoms with Crippen molar-refractivity contribution in [3.63, 3.8) is 0 Å². The van der Waals surface area contributed by atoms with Crippen LogP contribution in [-0.4, -0.2) is 104 Å². The number of hydrogen-bond donors (Lipinski definition) is 2. The fourth-order valence-corrected chi connectivity index (χ4v) is 3.91. The molecule has 2 rings (SSSR count). The van der Waals surface area contributed by atoms with E-state index in [1.54, 1.807) is 0 Å². The molecule has 2 heterocycles. The van der Waals surface area contributed by atoms with Gasteiger partial charge in [0, 0.05) is 58.4 Å². The number of guanidine groups is 1. The van der Waals surface area contributed by atoms with Gasteiger partial charge in [-0.25, -0.2) is 4.79 Å². The minimum atomic E-state index is -0.439. The van der Waals surface area contributed by atoms with Crippen LogP contribution in [-0.2, 0) is 4.74 Å². The molecule has 174 valence electrons. The maximum Gasteiger partial charge on any atom is 0.410 e. The number of hydrogen-bond acceptors (Lipinski definition) is 5. The summed E-state index contributed by atoms with van der Waals surface area (Å²) in [6, 6.07) is 0.508. The molecule has 2 saturated heterocycles. The van der Waals surface area contributed by atoms with E-state index in [9.17, 15) is 4.79 Å². The number of aliphatic imine (C=N–C) groups is 1. The summed E-state index contributed by atoms with van der Waals surface area (Å²) in [6.45, 7) is 19.3. The Hall–Kier alpha value is -1.54. The van der Waals surface area contributed by atoms with Gasteiger partial charge >= 0.3 is 6.09 Å². The highest BCUT2D eigenvalue weighted by atomic mass is 16.6. The average molecular weight is 425 g/mol. The Morgan fingerprint density at radius 1 is 1.00 bits per heavy atom. The molecule has 8 heteroatoms. The summed E-state index contributed by atoms with van der Waals surface area (Å²) in [4.78, 5) is 23.7.